The number of carboxylic acid groups (broad SMARTS) is 8. The summed E-state index contributed by atoms with van der Waals surface area (Å²) in [4.78, 5) is 77.5. The van der Waals surface area contributed by atoms with E-state index in [-0.39, 0.29) is 17.9 Å². The van der Waals surface area contributed by atoms with Crippen LogP contribution in [0.1, 0.15) is 73.1 Å². The van der Waals surface area contributed by atoms with E-state index in [4.69, 9.17) is 66.4 Å². The van der Waals surface area contributed by atoms with E-state index in [0.717, 1.165) is 33.6 Å². The Labute approximate surface area is 288 Å². The van der Waals surface area contributed by atoms with Crippen LogP contribution in [0.25, 0.3) is 0 Å². The molecule has 1 aliphatic rings. The van der Waals surface area contributed by atoms with E-state index < -0.39 is 78.9 Å². The third kappa shape index (κ3) is 55.9. The van der Waals surface area contributed by atoms with E-state index in [1.807, 2.05) is 6.92 Å². The molecule has 298 valence electrons. The number of aliphatic hydroxyl groups excluding tert-OH is 5. The quantitative estimate of drug-likeness (QED) is 0.102. The lowest BCUT2D eigenvalue weighted by Gasteiger charge is -2.06. The van der Waals surface area contributed by atoms with Crippen LogP contribution < -0.4 is 5.32 Å². The van der Waals surface area contributed by atoms with Crippen molar-refractivity contribution in [2.24, 2.45) is 11.8 Å². The van der Waals surface area contributed by atoms with Crippen LogP contribution in [0.15, 0.2) is 0 Å². The fraction of sp³-hybridized carbons (Fsp3) is 0.714. The molecule has 1 rings (SSSR count). The van der Waals surface area contributed by atoms with E-state index >= 15 is 0 Å². The zero-order chi connectivity index (χ0) is 41.7. The molecule has 0 bridgehead atoms. The Morgan fingerprint density at radius 1 is 0.580 bits per heavy atom. The molecule has 0 aliphatic carbocycles. The number of nitrogens with one attached hydrogen (secondary N) is 1. The highest BCUT2D eigenvalue weighted by atomic mass is 16.4. The topological polar surface area (TPSA) is 412 Å². The minimum absolute atomic E-state index is 0.201. The Morgan fingerprint density at radius 2 is 0.880 bits per heavy atom. The van der Waals surface area contributed by atoms with Crippen LogP contribution in [-0.2, 0) is 38.4 Å². The molecule has 50 heavy (non-hydrogen) atoms. The van der Waals surface area contributed by atoms with Crippen molar-refractivity contribution in [2.45, 2.75) is 97.5 Å². The second kappa shape index (κ2) is 40.7. The predicted molar refractivity (Wildman–Crippen MR) is 170 cm³/mol. The lowest BCUT2D eigenvalue weighted by molar-refractivity contribution is -0.149. The maximum Gasteiger partial charge on any atom is 0.332 e. The van der Waals surface area contributed by atoms with Crippen LogP contribution in [0.4, 0.5) is 0 Å². The summed E-state index contributed by atoms with van der Waals surface area (Å²) in [5, 5.41) is 106. The number of aliphatic carboxylic acids is 8. The standard InChI is InChI=1S/C5H9NO2.3C5H10O3.2C3H4O4.2CH4O/c7-5(8)4-2-1-3-6-4;2*1-3(2)4(6)5(7)8;1-2-3-4(6)5(7)8;2*4-2(5)1-3(6)7;2*1-2/h4,6H,1-3H2,(H,7,8);2*3-4,6H,1-2H3,(H,7,8);4,6H,2-3H2,1H3,(H,7,8);2*1H2,(H,4,5)(H,6,7);2*2H,1H3/t4-;;;;;;;/m0......./s1. The molecule has 1 saturated heterocycles. The normalized spacial score (nSPS) is 13.6. The summed E-state index contributed by atoms with van der Waals surface area (Å²) in [5.41, 5.74) is 0. The van der Waals surface area contributed by atoms with Gasteiger partial charge in [0.1, 0.15) is 18.9 Å². The van der Waals surface area contributed by atoms with Gasteiger partial charge in [-0.1, -0.05) is 41.0 Å². The minimum atomic E-state index is -1.31. The van der Waals surface area contributed by atoms with E-state index in [9.17, 15) is 38.4 Å². The molecular formula is C28H55NO21. The SMILES string of the molecule is CC(C)C(O)C(=O)O.CC(C)C(O)C(=O)O.CCCC(O)C(=O)O.CO.CO.O=C(O)CC(=O)O.O=C(O)CC(=O)O.O=C(O)[C@@H]1CCCN1. The first-order valence-corrected chi connectivity index (χ1v) is 14.3. The maximum absolute atomic E-state index is 10.1. The van der Waals surface area contributed by atoms with Gasteiger partial charge in [0.25, 0.3) is 0 Å². The third-order valence-electron chi connectivity index (χ3n) is 4.58. The first-order chi connectivity index (χ1) is 22.8. The molecule has 0 aromatic heterocycles. The third-order valence-corrected chi connectivity index (χ3v) is 4.58. The number of carbonyl (C=O) groups is 8. The van der Waals surface area contributed by atoms with Gasteiger partial charge in [-0.15, -0.1) is 0 Å². The Balaban J connectivity index is -0.0000000870. The number of aliphatic hydroxyl groups is 5. The van der Waals surface area contributed by atoms with Gasteiger partial charge in [-0.25, -0.2) is 14.4 Å². The number of hydrogen-bond acceptors (Lipinski definition) is 14. The number of rotatable bonds is 12. The second-order valence-corrected chi connectivity index (χ2v) is 9.61. The van der Waals surface area contributed by atoms with Crippen LogP contribution in [0.3, 0.4) is 0 Å². The molecule has 22 heteroatoms. The Kier molecular flexibility index (Phi) is 49.5. The van der Waals surface area contributed by atoms with Crippen molar-refractivity contribution in [1.29, 1.82) is 0 Å². The molecule has 0 amide bonds. The molecule has 0 spiro atoms. The van der Waals surface area contributed by atoms with Crippen LogP contribution in [0.2, 0.25) is 0 Å². The van der Waals surface area contributed by atoms with Crippen molar-refractivity contribution in [3.05, 3.63) is 0 Å². The summed E-state index contributed by atoms with van der Waals surface area (Å²) in [7, 11) is 2.00. The van der Waals surface area contributed by atoms with E-state index in [2.05, 4.69) is 5.32 Å². The van der Waals surface area contributed by atoms with E-state index in [0.29, 0.717) is 12.8 Å². The molecule has 22 nitrogen and oxygen atoms in total. The van der Waals surface area contributed by atoms with Crippen molar-refractivity contribution in [1.82, 2.24) is 5.32 Å². The molecule has 4 atom stereocenters. The van der Waals surface area contributed by atoms with E-state index in [1.54, 1.807) is 27.7 Å². The fourth-order valence-electron chi connectivity index (χ4n) is 2.12. The Morgan fingerprint density at radius 3 is 0.940 bits per heavy atom. The van der Waals surface area contributed by atoms with Gasteiger partial charge in [0.15, 0.2) is 18.3 Å². The molecule has 0 saturated carbocycles. The fourth-order valence-corrected chi connectivity index (χ4v) is 2.12. The summed E-state index contributed by atoms with van der Waals surface area (Å²) in [6.07, 6.45) is -2.38. The van der Waals surface area contributed by atoms with Gasteiger partial charge < -0.3 is 71.7 Å². The summed E-state index contributed by atoms with van der Waals surface area (Å²) in [5.74, 6) is -9.81. The van der Waals surface area contributed by atoms with Gasteiger partial charge in [-0.2, -0.15) is 0 Å². The molecule has 3 unspecified atom stereocenters. The molecule has 0 aromatic carbocycles. The number of hydrogen-bond donors (Lipinski definition) is 14. The van der Waals surface area contributed by atoms with E-state index in [1.165, 1.54) is 0 Å². The first kappa shape index (κ1) is 60.8. The lowest BCUT2D eigenvalue weighted by atomic mass is 10.1. The molecule has 0 radical (unpaired) electrons. The summed E-state index contributed by atoms with van der Waals surface area (Å²) < 4.78 is 0. The summed E-state index contributed by atoms with van der Waals surface area (Å²) >= 11 is 0. The highest BCUT2D eigenvalue weighted by Gasteiger charge is 2.20. The maximum atomic E-state index is 10.1. The summed E-state index contributed by atoms with van der Waals surface area (Å²) in [6, 6.07) is -0.269. The molecule has 0 aromatic rings. The Hall–Kier alpha value is -4.48. The zero-order valence-electron chi connectivity index (χ0n) is 29.0. The van der Waals surface area contributed by atoms with Gasteiger partial charge in [-0.05, 0) is 37.6 Å². The predicted octanol–water partition coefficient (Wildman–Crippen LogP) is -1.46. The van der Waals surface area contributed by atoms with Gasteiger partial charge >= 0.3 is 47.8 Å². The van der Waals surface area contributed by atoms with Crippen LogP contribution in [-0.4, -0.2) is 159 Å². The molecular weight excluding hydrogens is 686 g/mol. The summed E-state index contributed by atoms with van der Waals surface area (Å²) in [6.45, 7) is 9.29. The largest absolute Gasteiger partial charge is 0.481 e. The second-order valence-electron chi connectivity index (χ2n) is 9.61. The molecule has 1 fully saturated rings. The van der Waals surface area contributed by atoms with Gasteiger partial charge in [-0.3, -0.25) is 24.0 Å². The van der Waals surface area contributed by atoms with Gasteiger partial charge in [0, 0.05) is 14.2 Å². The minimum Gasteiger partial charge on any atom is -0.481 e. The molecule has 1 aliphatic heterocycles. The monoisotopic (exact) mass is 741 g/mol. The van der Waals surface area contributed by atoms with Crippen LogP contribution >= 0.6 is 0 Å². The van der Waals surface area contributed by atoms with Crippen molar-refractivity contribution in [3.63, 3.8) is 0 Å². The lowest BCUT2D eigenvalue weighted by Crippen LogP contribution is -2.29. The van der Waals surface area contributed by atoms with Crippen molar-refractivity contribution in [2.75, 3.05) is 20.8 Å². The van der Waals surface area contributed by atoms with Crippen molar-refractivity contribution >= 4 is 47.8 Å². The van der Waals surface area contributed by atoms with Crippen molar-refractivity contribution < 1.29 is 105 Å². The molecule has 1 heterocycles. The zero-order valence-corrected chi connectivity index (χ0v) is 29.0. The van der Waals surface area contributed by atoms with Gasteiger partial charge in [0.05, 0.1) is 0 Å². The first-order valence-electron chi connectivity index (χ1n) is 14.3. The molecule has 14 N–H and O–H groups in total. The van der Waals surface area contributed by atoms with Crippen molar-refractivity contribution in [3.8, 4) is 0 Å². The number of carboxylic acids is 8. The average molecular weight is 742 g/mol. The van der Waals surface area contributed by atoms with Gasteiger partial charge in [0.2, 0.25) is 0 Å². The highest BCUT2D eigenvalue weighted by Crippen LogP contribution is 2.03. The Bertz CT molecular complexity index is 842. The van der Waals surface area contributed by atoms with Crippen LogP contribution in [0, 0.1) is 11.8 Å². The average Bonchev–Trinajstić information content (AvgIpc) is 3.54. The smallest absolute Gasteiger partial charge is 0.332 e. The highest BCUT2D eigenvalue weighted by molar-refractivity contribution is 5.89. The van der Waals surface area contributed by atoms with Crippen LogP contribution in [0.5, 0.6) is 0 Å².